The molecule has 0 aliphatic heterocycles. The van der Waals surface area contributed by atoms with E-state index < -0.39 is 8.07 Å². The smallest absolute Gasteiger partial charge is 0.0804 e. The Morgan fingerprint density at radius 1 is 1.13 bits per heavy atom. The van der Waals surface area contributed by atoms with Crippen molar-refractivity contribution in [2.45, 2.75) is 26.6 Å². The normalized spacial score (nSPS) is 12.3. The summed E-state index contributed by atoms with van der Waals surface area (Å²) in [6.45, 7) is 9.39. The maximum absolute atomic E-state index is 2.41. The van der Waals surface area contributed by atoms with E-state index in [1.165, 1.54) is 16.5 Å². The number of benzene rings is 1. The van der Waals surface area contributed by atoms with Crippen molar-refractivity contribution in [2.75, 3.05) is 0 Å². The molecule has 1 heterocycles. The Kier molecular flexibility index (Phi) is 2.27. The maximum atomic E-state index is 2.41. The van der Waals surface area contributed by atoms with Gasteiger partial charge in [-0.3, -0.25) is 0 Å². The van der Waals surface area contributed by atoms with Gasteiger partial charge in [-0.2, -0.15) is 0 Å². The Hall–Kier alpha value is -1.02. The molecular formula is C13H19NSi. The van der Waals surface area contributed by atoms with E-state index in [-0.39, 0.29) is 0 Å². The minimum absolute atomic E-state index is 1.22. The lowest BCUT2D eigenvalue weighted by Gasteiger charge is -2.14. The predicted molar refractivity (Wildman–Crippen MR) is 70.6 cm³/mol. The fourth-order valence-electron chi connectivity index (χ4n) is 2.10. The van der Waals surface area contributed by atoms with Gasteiger partial charge in [-0.1, -0.05) is 37.3 Å². The number of aryl methyl sites for hydroxylation is 2. The van der Waals surface area contributed by atoms with Crippen LogP contribution < -0.4 is 5.19 Å². The van der Waals surface area contributed by atoms with Crippen molar-refractivity contribution in [3.05, 3.63) is 30.0 Å². The van der Waals surface area contributed by atoms with E-state index in [1.807, 2.05) is 0 Å². The lowest BCUT2D eigenvalue weighted by atomic mass is 10.2. The van der Waals surface area contributed by atoms with Crippen LogP contribution in [0.15, 0.2) is 24.4 Å². The molecule has 0 bridgehead atoms. The van der Waals surface area contributed by atoms with Crippen molar-refractivity contribution in [2.24, 2.45) is 7.05 Å². The molecule has 0 N–H and O–H groups in total. The van der Waals surface area contributed by atoms with E-state index in [0.29, 0.717) is 0 Å². The molecule has 1 aromatic heterocycles. The molecule has 15 heavy (non-hydrogen) atoms. The van der Waals surface area contributed by atoms with Gasteiger partial charge in [-0.15, -0.1) is 0 Å². The Morgan fingerprint density at radius 2 is 1.80 bits per heavy atom. The van der Waals surface area contributed by atoms with E-state index in [4.69, 9.17) is 0 Å². The molecule has 0 unspecified atom stereocenters. The fraction of sp³-hybridized carbons (Fsp3) is 0.385. The highest BCUT2D eigenvalue weighted by atomic mass is 28.3. The minimum Gasteiger partial charge on any atom is -0.351 e. The van der Waals surface area contributed by atoms with Crippen LogP contribution >= 0.6 is 0 Å². The highest BCUT2D eigenvalue weighted by Crippen LogP contribution is 2.18. The summed E-state index contributed by atoms with van der Waals surface area (Å²) in [7, 11) is 0.919. The summed E-state index contributed by atoms with van der Waals surface area (Å²) in [4.78, 5) is 0. The van der Waals surface area contributed by atoms with Gasteiger partial charge in [0.05, 0.1) is 8.07 Å². The van der Waals surface area contributed by atoms with Crippen LogP contribution in [0.2, 0.25) is 19.6 Å². The average molecular weight is 217 g/mol. The first-order valence-electron chi connectivity index (χ1n) is 5.46. The lowest BCUT2D eigenvalue weighted by molar-refractivity contribution is 0.971. The second kappa shape index (κ2) is 3.24. The summed E-state index contributed by atoms with van der Waals surface area (Å²) in [5, 5.41) is 3.03. The minimum atomic E-state index is -1.22. The Morgan fingerprint density at radius 3 is 2.40 bits per heavy atom. The van der Waals surface area contributed by atoms with Gasteiger partial charge in [0.1, 0.15) is 0 Å². The summed E-state index contributed by atoms with van der Waals surface area (Å²) in [6.07, 6.45) is 2.32. The quantitative estimate of drug-likeness (QED) is 0.647. The average Bonchev–Trinajstić information content (AvgIpc) is 2.42. The molecule has 2 heteroatoms. The highest BCUT2D eigenvalue weighted by molar-refractivity contribution is 6.90. The van der Waals surface area contributed by atoms with E-state index in [0.717, 1.165) is 0 Å². The summed E-state index contributed by atoms with van der Waals surface area (Å²) >= 11 is 0. The van der Waals surface area contributed by atoms with Crippen LogP contribution in [-0.4, -0.2) is 12.6 Å². The Bertz CT molecular complexity index is 503. The number of rotatable bonds is 1. The summed E-state index contributed by atoms with van der Waals surface area (Å²) in [5.74, 6) is 0. The van der Waals surface area contributed by atoms with E-state index in [9.17, 15) is 0 Å². The SMILES string of the molecule is Cc1ccc2c(c1)c([Si](C)(C)C)cn2C. The fourth-order valence-corrected chi connectivity index (χ4v) is 3.69. The van der Waals surface area contributed by atoms with Crippen molar-refractivity contribution in [3.8, 4) is 0 Å². The van der Waals surface area contributed by atoms with E-state index >= 15 is 0 Å². The standard InChI is InChI=1S/C13H19NSi/c1-10-6-7-12-11(8-10)13(9-14(12)2)15(3,4)5/h6-9H,1-5H3. The third-order valence-electron chi connectivity index (χ3n) is 2.95. The Labute approximate surface area is 92.7 Å². The summed E-state index contributed by atoms with van der Waals surface area (Å²) in [5.41, 5.74) is 2.71. The molecule has 0 radical (unpaired) electrons. The molecule has 80 valence electrons. The van der Waals surface area contributed by atoms with Crippen molar-refractivity contribution in [1.82, 2.24) is 4.57 Å². The number of nitrogens with zero attached hydrogens (tertiary/aromatic N) is 1. The summed E-state index contributed by atoms with van der Waals surface area (Å²) < 4.78 is 2.25. The molecule has 0 saturated heterocycles. The highest BCUT2D eigenvalue weighted by Gasteiger charge is 2.21. The van der Waals surface area contributed by atoms with Gasteiger partial charge in [0.2, 0.25) is 0 Å². The van der Waals surface area contributed by atoms with Crippen LogP contribution in [0.3, 0.4) is 0 Å². The van der Waals surface area contributed by atoms with Crippen molar-refractivity contribution in [1.29, 1.82) is 0 Å². The monoisotopic (exact) mass is 217 g/mol. The van der Waals surface area contributed by atoms with Gasteiger partial charge in [-0.05, 0) is 23.6 Å². The second-order valence-corrected chi connectivity index (χ2v) is 10.5. The number of fused-ring (bicyclic) bond motifs is 1. The van der Waals surface area contributed by atoms with Crippen molar-refractivity contribution in [3.63, 3.8) is 0 Å². The molecule has 0 fully saturated rings. The van der Waals surface area contributed by atoms with Gasteiger partial charge in [0, 0.05) is 18.8 Å². The second-order valence-electron chi connectivity index (χ2n) is 5.42. The molecular weight excluding hydrogens is 198 g/mol. The zero-order valence-electron chi connectivity index (χ0n) is 10.3. The van der Waals surface area contributed by atoms with Gasteiger partial charge < -0.3 is 4.57 Å². The van der Waals surface area contributed by atoms with Gasteiger partial charge in [-0.25, -0.2) is 0 Å². The lowest BCUT2D eigenvalue weighted by Crippen LogP contribution is -2.37. The maximum Gasteiger partial charge on any atom is 0.0804 e. The first kappa shape index (κ1) is 10.5. The van der Waals surface area contributed by atoms with Crippen LogP contribution in [0.1, 0.15) is 5.56 Å². The molecule has 0 amide bonds. The molecule has 1 nitrogen and oxygen atoms in total. The number of hydrogen-bond donors (Lipinski definition) is 0. The van der Waals surface area contributed by atoms with E-state index in [2.05, 4.69) is 62.6 Å². The van der Waals surface area contributed by atoms with Crippen molar-refractivity contribution < 1.29 is 0 Å². The van der Waals surface area contributed by atoms with E-state index in [1.54, 1.807) is 5.19 Å². The summed E-state index contributed by atoms with van der Waals surface area (Å²) in [6, 6.07) is 6.74. The number of hydrogen-bond acceptors (Lipinski definition) is 0. The zero-order chi connectivity index (χ0) is 11.2. The van der Waals surface area contributed by atoms with Gasteiger partial charge in [0.25, 0.3) is 0 Å². The zero-order valence-corrected chi connectivity index (χ0v) is 11.3. The molecule has 0 aliphatic carbocycles. The van der Waals surface area contributed by atoms with Gasteiger partial charge in [0.15, 0.2) is 0 Å². The van der Waals surface area contributed by atoms with Crippen molar-refractivity contribution >= 4 is 24.2 Å². The Balaban J connectivity index is 2.81. The largest absolute Gasteiger partial charge is 0.351 e. The molecule has 0 saturated carbocycles. The van der Waals surface area contributed by atoms with Crippen LogP contribution in [-0.2, 0) is 7.05 Å². The third-order valence-corrected chi connectivity index (χ3v) is 4.97. The topological polar surface area (TPSA) is 4.93 Å². The first-order chi connectivity index (χ1) is 6.89. The van der Waals surface area contributed by atoms with Crippen LogP contribution in [0.5, 0.6) is 0 Å². The molecule has 2 aromatic rings. The first-order valence-corrected chi connectivity index (χ1v) is 8.96. The number of aromatic nitrogens is 1. The van der Waals surface area contributed by atoms with Crippen LogP contribution in [0.25, 0.3) is 10.9 Å². The van der Waals surface area contributed by atoms with Crippen LogP contribution in [0, 0.1) is 6.92 Å². The molecule has 0 spiro atoms. The molecule has 0 aliphatic rings. The van der Waals surface area contributed by atoms with Gasteiger partial charge >= 0.3 is 0 Å². The van der Waals surface area contributed by atoms with Crippen LogP contribution in [0.4, 0.5) is 0 Å². The predicted octanol–water partition coefficient (Wildman–Crippen LogP) is 3.03. The molecule has 1 aromatic carbocycles. The molecule has 0 atom stereocenters. The molecule has 2 rings (SSSR count). The third kappa shape index (κ3) is 1.74.